The summed E-state index contributed by atoms with van der Waals surface area (Å²) in [5.74, 6) is -0.0765. The van der Waals surface area contributed by atoms with E-state index >= 15 is 0 Å². The molecule has 3 aromatic heterocycles. The van der Waals surface area contributed by atoms with Crippen LogP contribution in [0.5, 0.6) is 5.75 Å². The molecule has 134 valence electrons. The van der Waals surface area contributed by atoms with Crippen LogP contribution in [0.4, 0.5) is 5.69 Å². The van der Waals surface area contributed by atoms with Crippen molar-refractivity contribution in [3.05, 3.63) is 80.3 Å². The molecule has 0 aliphatic rings. The first-order chi connectivity index (χ1) is 13.0. The van der Waals surface area contributed by atoms with Crippen molar-refractivity contribution in [2.75, 3.05) is 0 Å². The van der Waals surface area contributed by atoms with Crippen molar-refractivity contribution in [1.82, 2.24) is 9.38 Å². The maximum Gasteiger partial charge on any atom is 0.353 e. The third-order valence-electron chi connectivity index (χ3n) is 3.78. The third-order valence-corrected chi connectivity index (χ3v) is 4.99. The number of ether oxygens (including phenoxy) is 1. The van der Waals surface area contributed by atoms with Crippen LogP contribution in [-0.4, -0.2) is 20.3 Å². The molecule has 0 spiro atoms. The first-order valence-electron chi connectivity index (χ1n) is 7.71. The lowest BCUT2D eigenvalue weighted by molar-refractivity contribution is -0.385. The number of nitrogens with zero attached hydrogens (tertiary/aromatic N) is 3. The van der Waals surface area contributed by atoms with E-state index in [1.807, 2.05) is 0 Å². The summed E-state index contributed by atoms with van der Waals surface area (Å²) in [6, 6.07) is 13.1. The molecule has 0 fully saturated rings. The second kappa shape index (κ2) is 6.82. The molecule has 1 aromatic carbocycles. The molecule has 0 saturated carbocycles. The molecular weight excluding hydrogens is 390 g/mol. The average molecular weight is 400 g/mol. The number of pyridine rings is 1. The fourth-order valence-corrected chi connectivity index (χ4v) is 3.42. The molecule has 0 radical (unpaired) electrons. The highest BCUT2D eigenvalue weighted by Gasteiger charge is 2.13. The summed E-state index contributed by atoms with van der Waals surface area (Å²) in [5.41, 5.74) is 2.03. The second-order valence-corrected chi connectivity index (χ2v) is 7.27. The van der Waals surface area contributed by atoms with Crippen molar-refractivity contribution in [1.29, 1.82) is 0 Å². The summed E-state index contributed by atoms with van der Waals surface area (Å²) < 4.78 is 7.43. The quantitative estimate of drug-likeness (QED) is 0.212. The maximum atomic E-state index is 12.0. The van der Waals surface area contributed by atoms with Crippen molar-refractivity contribution in [3.63, 3.8) is 0 Å². The lowest BCUT2D eigenvalue weighted by Crippen LogP contribution is -2.05. The van der Waals surface area contributed by atoms with Gasteiger partial charge in [0.05, 0.1) is 21.2 Å². The highest BCUT2D eigenvalue weighted by Crippen LogP contribution is 2.26. The maximum absolute atomic E-state index is 12.0. The van der Waals surface area contributed by atoms with Gasteiger partial charge >= 0.3 is 5.97 Å². The largest absolute Gasteiger partial charge is 0.422 e. The Kier molecular flexibility index (Phi) is 4.35. The number of imidazole rings is 1. The molecule has 0 N–H and O–H groups in total. The van der Waals surface area contributed by atoms with Crippen LogP contribution < -0.4 is 4.74 Å². The fraction of sp³-hybridized carbons (Fsp3) is 0. The van der Waals surface area contributed by atoms with Gasteiger partial charge < -0.3 is 4.74 Å². The minimum absolute atomic E-state index is 0.0117. The Morgan fingerprint density at radius 1 is 1.11 bits per heavy atom. The standard InChI is InChI=1S/C18H10ClN3O4S/c19-16-7-6-15(27-16)18(23)26-13-4-1-11(2-5-13)14-10-21-9-12(22(24)25)3-8-17(21)20-14/h1-10H. The van der Waals surface area contributed by atoms with E-state index in [0.29, 0.717) is 26.3 Å². The zero-order valence-electron chi connectivity index (χ0n) is 13.5. The van der Waals surface area contributed by atoms with Crippen LogP contribution in [0, 0.1) is 10.1 Å². The van der Waals surface area contributed by atoms with Gasteiger partial charge in [0.25, 0.3) is 5.69 Å². The summed E-state index contributed by atoms with van der Waals surface area (Å²) in [4.78, 5) is 27.3. The number of carbonyl (C=O) groups is 1. The average Bonchev–Trinajstić information content (AvgIpc) is 3.27. The number of benzene rings is 1. The number of fused-ring (bicyclic) bond motifs is 1. The van der Waals surface area contributed by atoms with Gasteiger partial charge in [-0.3, -0.25) is 14.5 Å². The van der Waals surface area contributed by atoms with Crippen molar-refractivity contribution < 1.29 is 14.5 Å². The summed E-state index contributed by atoms with van der Waals surface area (Å²) in [6.07, 6.45) is 3.12. The van der Waals surface area contributed by atoms with Gasteiger partial charge in [0.15, 0.2) is 0 Å². The minimum Gasteiger partial charge on any atom is -0.422 e. The molecule has 0 bridgehead atoms. The molecule has 3 heterocycles. The first-order valence-corrected chi connectivity index (χ1v) is 8.90. The first kappa shape index (κ1) is 17.2. The van der Waals surface area contributed by atoms with Crippen molar-refractivity contribution >= 4 is 40.2 Å². The van der Waals surface area contributed by atoms with Gasteiger partial charge in [-0.1, -0.05) is 11.6 Å². The monoisotopic (exact) mass is 399 g/mol. The van der Waals surface area contributed by atoms with Crippen LogP contribution in [0.25, 0.3) is 16.9 Å². The van der Waals surface area contributed by atoms with Crippen LogP contribution in [0.15, 0.2) is 60.9 Å². The number of hydrogen-bond acceptors (Lipinski definition) is 6. The van der Waals surface area contributed by atoms with Crippen LogP contribution in [-0.2, 0) is 0 Å². The number of esters is 1. The zero-order valence-corrected chi connectivity index (χ0v) is 15.1. The fourth-order valence-electron chi connectivity index (χ4n) is 2.50. The lowest BCUT2D eigenvalue weighted by atomic mass is 10.2. The number of nitro groups is 1. The molecule has 0 saturated heterocycles. The lowest BCUT2D eigenvalue weighted by Gasteiger charge is -2.03. The highest BCUT2D eigenvalue weighted by molar-refractivity contribution is 7.17. The predicted octanol–water partition coefficient (Wildman–Crippen LogP) is 4.84. The smallest absolute Gasteiger partial charge is 0.353 e. The molecule has 0 unspecified atom stereocenters. The Morgan fingerprint density at radius 2 is 1.89 bits per heavy atom. The van der Waals surface area contributed by atoms with E-state index in [4.69, 9.17) is 16.3 Å². The van der Waals surface area contributed by atoms with Gasteiger partial charge in [-0.2, -0.15) is 0 Å². The van der Waals surface area contributed by atoms with Gasteiger partial charge in [0.1, 0.15) is 16.3 Å². The van der Waals surface area contributed by atoms with Gasteiger partial charge in [0, 0.05) is 17.8 Å². The van der Waals surface area contributed by atoms with Gasteiger partial charge in [-0.25, -0.2) is 9.78 Å². The van der Waals surface area contributed by atoms with Crippen LogP contribution >= 0.6 is 22.9 Å². The second-order valence-electron chi connectivity index (χ2n) is 5.55. The van der Waals surface area contributed by atoms with E-state index in [1.165, 1.54) is 12.3 Å². The summed E-state index contributed by atoms with van der Waals surface area (Å²) in [6.45, 7) is 0. The van der Waals surface area contributed by atoms with E-state index in [9.17, 15) is 14.9 Å². The number of thiophene rings is 1. The number of aromatic nitrogens is 2. The highest BCUT2D eigenvalue weighted by atomic mass is 35.5. The van der Waals surface area contributed by atoms with Crippen LogP contribution in [0.3, 0.4) is 0 Å². The van der Waals surface area contributed by atoms with Crippen molar-refractivity contribution in [3.8, 4) is 17.0 Å². The Hall–Kier alpha value is -3.23. The van der Waals surface area contributed by atoms with Gasteiger partial charge in [0.2, 0.25) is 0 Å². The normalized spacial score (nSPS) is 10.9. The topological polar surface area (TPSA) is 86.7 Å². The van der Waals surface area contributed by atoms with Gasteiger partial charge in [-0.05, 0) is 42.5 Å². The number of carbonyl (C=O) groups excluding carboxylic acids is 1. The van der Waals surface area contributed by atoms with Crippen LogP contribution in [0.1, 0.15) is 9.67 Å². The number of hydrogen-bond donors (Lipinski definition) is 0. The number of rotatable bonds is 4. The molecule has 0 aliphatic heterocycles. The summed E-state index contributed by atoms with van der Waals surface area (Å²) >= 11 is 6.97. The summed E-state index contributed by atoms with van der Waals surface area (Å²) in [5, 5.41) is 10.9. The predicted molar refractivity (Wildman–Crippen MR) is 102 cm³/mol. The van der Waals surface area contributed by atoms with Gasteiger partial charge in [-0.15, -0.1) is 11.3 Å². The molecule has 9 heteroatoms. The van der Waals surface area contributed by atoms with E-state index < -0.39 is 10.9 Å². The Balaban J connectivity index is 1.55. The third kappa shape index (κ3) is 3.53. The molecular formula is C18H10ClN3O4S. The van der Waals surface area contributed by atoms with Crippen LogP contribution in [0.2, 0.25) is 4.34 Å². The summed E-state index contributed by atoms with van der Waals surface area (Å²) in [7, 11) is 0. The Labute approximate surface area is 161 Å². The SMILES string of the molecule is O=C(Oc1ccc(-c2cn3cc([N+](=O)[O-])ccc3n2)cc1)c1ccc(Cl)s1. The van der Waals surface area contributed by atoms with E-state index in [2.05, 4.69) is 4.98 Å². The number of halogens is 1. The molecule has 7 nitrogen and oxygen atoms in total. The Bertz CT molecular complexity index is 1170. The van der Waals surface area contributed by atoms with Crippen molar-refractivity contribution in [2.24, 2.45) is 0 Å². The minimum atomic E-state index is -0.473. The van der Waals surface area contributed by atoms with Crippen molar-refractivity contribution in [2.45, 2.75) is 0 Å². The molecule has 0 amide bonds. The zero-order chi connectivity index (χ0) is 19.0. The van der Waals surface area contributed by atoms with E-state index in [0.717, 1.165) is 16.9 Å². The molecule has 0 atom stereocenters. The van der Waals surface area contributed by atoms with E-state index in [-0.39, 0.29) is 5.69 Å². The molecule has 4 aromatic rings. The Morgan fingerprint density at radius 3 is 2.56 bits per heavy atom. The molecule has 0 aliphatic carbocycles. The molecule has 4 rings (SSSR count). The molecule has 27 heavy (non-hydrogen) atoms. The van der Waals surface area contributed by atoms with E-state index in [1.54, 1.807) is 53.1 Å².